The number of aryl methyl sites for hydroxylation is 1. The third-order valence-corrected chi connectivity index (χ3v) is 4.53. The van der Waals surface area contributed by atoms with Gasteiger partial charge in [-0.1, -0.05) is 32.0 Å². The Morgan fingerprint density at radius 2 is 1.78 bits per heavy atom. The molecule has 1 N–H and O–H groups in total. The summed E-state index contributed by atoms with van der Waals surface area (Å²) in [5, 5.41) is 3.26. The molecule has 0 amide bonds. The number of aromatic amines is 1. The fourth-order valence-electron chi connectivity index (χ4n) is 3.03. The number of benzene rings is 2. The molecule has 144 valence electrons. The Balaban J connectivity index is 1.91. The van der Waals surface area contributed by atoms with Gasteiger partial charge in [0.15, 0.2) is 0 Å². The van der Waals surface area contributed by atoms with Gasteiger partial charge in [0.2, 0.25) is 0 Å². The lowest BCUT2D eigenvalue weighted by molar-refractivity contribution is -0.137. The SMILES string of the molecule is COc1cc(-n2cc(CCC(C)C)[nH]2)ccc1-c1ccccc1C(F)(F)F. The average molecular weight is 376 g/mol. The highest BCUT2D eigenvalue weighted by atomic mass is 19.4. The van der Waals surface area contributed by atoms with Crippen LogP contribution in [0.5, 0.6) is 5.75 Å². The predicted molar refractivity (Wildman–Crippen MR) is 100 cm³/mol. The second kappa shape index (κ2) is 7.55. The molecule has 1 heterocycles. The molecular formula is C21H23F3N2O. The first kappa shape index (κ1) is 19.1. The van der Waals surface area contributed by atoms with E-state index in [1.807, 2.05) is 10.9 Å². The molecule has 0 fully saturated rings. The average Bonchev–Trinajstić information content (AvgIpc) is 2.59. The minimum Gasteiger partial charge on any atom is -0.496 e. The Morgan fingerprint density at radius 1 is 1.07 bits per heavy atom. The number of aromatic nitrogens is 2. The van der Waals surface area contributed by atoms with Gasteiger partial charge in [0, 0.05) is 17.8 Å². The zero-order valence-corrected chi connectivity index (χ0v) is 15.6. The van der Waals surface area contributed by atoms with Crippen LogP contribution in [0.15, 0.2) is 48.7 Å². The molecule has 0 saturated heterocycles. The molecule has 3 rings (SSSR count). The minimum atomic E-state index is -4.42. The molecule has 6 heteroatoms. The maximum atomic E-state index is 13.3. The number of nitrogens with zero attached hydrogens (tertiary/aromatic N) is 1. The number of hydrogen-bond acceptors (Lipinski definition) is 1. The summed E-state index contributed by atoms with van der Waals surface area (Å²) in [5.41, 5.74) is 1.81. The van der Waals surface area contributed by atoms with Gasteiger partial charge in [0.25, 0.3) is 0 Å². The predicted octanol–water partition coefficient (Wildman–Crippen LogP) is 6.09. The lowest BCUT2D eigenvalue weighted by Crippen LogP contribution is -2.12. The second-order valence-electron chi connectivity index (χ2n) is 7.00. The number of hydrogen-bond donors (Lipinski definition) is 1. The minimum absolute atomic E-state index is 0.109. The van der Waals surface area contributed by atoms with E-state index in [0.29, 0.717) is 17.2 Å². The number of H-pyrrole nitrogens is 1. The van der Waals surface area contributed by atoms with Crippen molar-refractivity contribution >= 4 is 0 Å². The van der Waals surface area contributed by atoms with E-state index in [9.17, 15) is 13.2 Å². The topological polar surface area (TPSA) is 29.9 Å². The van der Waals surface area contributed by atoms with Crippen molar-refractivity contribution in [2.24, 2.45) is 5.92 Å². The van der Waals surface area contributed by atoms with Gasteiger partial charge >= 0.3 is 6.18 Å². The first-order valence-corrected chi connectivity index (χ1v) is 8.91. The molecule has 2 aromatic carbocycles. The summed E-state index contributed by atoms with van der Waals surface area (Å²) in [6.07, 6.45) is -0.348. The number of methoxy groups -OCH3 is 1. The third-order valence-electron chi connectivity index (χ3n) is 4.53. The molecular weight excluding hydrogens is 353 g/mol. The van der Waals surface area contributed by atoms with E-state index in [2.05, 4.69) is 18.9 Å². The van der Waals surface area contributed by atoms with Crippen LogP contribution in [0.3, 0.4) is 0 Å². The highest BCUT2D eigenvalue weighted by Gasteiger charge is 2.33. The van der Waals surface area contributed by atoms with Crippen molar-refractivity contribution in [3.05, 3.63) is 59.9 Å². The molecule has 0 saturated carbocycles. The number of ether oxygens (including phenoxy) is 1. The summed E-state index contributed by atoms with van der Waals surface area (Å²) < 4.78 is 47.3. The molecule has 1 aromatic heterocycles. The normalized spacial score (nSPS) is 12.0. The summed E-state index contributed by atoms with van der Waals surface area (Å²) in [5.74, 6) is 1.03. The van der Waals surface area contributed by atoms with Crippen molar-refractivity contribution in [3.63, 3.8) is 0 Å². The monoisotopic (exact) mass is 376 g/mol. The van der Waals surface area contributed by atoms with Gasteiger partial charge < -0.3 is 4.74 Å². The highest BCUT2D eigenvalue weighted by molar-refractivity contribution is 5.75. The first-order chi connectivity index (χ1) is 12.8. The molecule has 0 atom stereocenters. The summed E-state index contributed by atoms with van der Waals surface area (Å²) in [4.78, 5) is 0. The van der Waals surface area contributed by atoms with Gasteiger partial charge in [-0.15, -0.1) is 0 Å². The number of halogens is 3. The van der Waals surface area contributed by atoms with Crippen molar-refractivity contribution in [2.45, 2.75) is 32.9 Å². The molecule has 0 unspecified atom stereocenters. The van der Waals surface area contributed by atoms with Crippen LogP contribution < -0.4 is 4.74 Å². The molecule has 0 radical (unpaired) electrons. The molecule has 27 heavy (non-hydrogen) atoms. The maximum Gasteiger partial charge on any atom is 0.417 e. The van der Waals surface area contributed by atoms with E-state index < -0.39 is 11.7 Å². The van der Waals surface area contributed by atoms with Crippen LogP contribution >= 0.6 is 0 Å². The zero-order chi connectivity index (χ0) is 19.6. The van der Waals surface area contributed by atoms with Crippen molar-refractivity contribution in [1.29, 1.82) is 0 Å². The van der Waals surface area contributed by atoms with Crippen LogP contribution in [0.1, 0.15) is 31.5 Å². The summed E-state index contributed by atoms with van der Waals surface area (Å²) in [6.45, 7) is 4.36. The lowest BCUT2D eigenvalue weighted by atomic mass is 9.98. The van der Waals surface area contributed by atoms with Gasteiger partial charge in [-0.25, -0.2) is 0 Å². The van der Waals surface area contributed by atoms with Crippen LogP contribution in [0.2, 0.25) is 0 Å². The van der Waals surface area contributed by atoms with Crippen molar-refractivity contribution in [2.75, 3.05) is 7.11 Å². The number of alkyl halides is 3. The number of nitrogens with one attached hydrogen (secondary N) is 1. The van der Waals surface area contributed by atoms with Crippen LogP contribution in [0, 0.1) is 5.92 Å². The Kier molecular flexibility index (Phi) is 5.35. The lowest BCUT2D eigenvalue weighted by Gasteiger charge is -2.19. The van der Waals surface area contributed by atoms with Crippen molar-refractivity contribution in [1.82, 2.24) is 9.78 Å². The Morgan fingerprint density at radius 3 is 2.41 bits per heavy atom. The second-order valence-corrected chi connectivity index (χ2v) is 7.00. The van der Waals surface area contributed by atoms with E-state index in [4.69, 9.17) is 4.74 Å². The van der Waals surface area contributed by atoms with Gasteiger partial charge in [-0.05, 0) is 42.5 Å². The largest absolute Gasteiger partial charge is 0.496 e. The van der Waals surface area contributed by atoms with Gasteiger partial charge in [0.1, 0.15) is 5.75 Å². The zero-order valence-electron chi connectivity index (χ0n) is 15.6. The molecule has 0 aliphatic heterocycles. The molecule has 3 nitrogen and oxygen atoms in total. The van der Waals surface area contributed by atoms with Crippen molar-refractivity contribution < 1.29 is 17.9 Å². The summed E-state index contributed by atoms with van der Waals surface area (Å²) in [7, 11) is 1.46. The molecule has 0 aliphatic rings. The fourth-order valence-corrected chi connectivity index (χ4v) is 3.03. The van der Waals surface area contributed by atoms with E-state index in [1.54, 1.807) is 24.3 Å². The van der Waals surface area contributed by atoms with Crippen molar-refractivity contribution in [3.8, 4) is 22.6 Å². The highest BCUT2D eigenvalue weighted by Crippen LogP contribution is 2.40. The van der Waals surface area contributed by atoms with E-state index in [0.717, 1.165) is 30.3 Å². The van der Waals surface area contributed by atoms with E-state index >= 15 is 0 Å². The Bertz CT molecular complexity index is 894. The molecule has 0 spiro atoms. The van der Waals surface area contributed by atoms with E-state index in [-0.39, 0.29) is 5.56 Å². The quantitative estimate of drug-likeness (QED) is 0.554. The van der Waals surface area contributed by atoms with Crippen LogP contribution in [0.25, 0.3) is 16.8 Å². The smallest absolute Gasteiger partial charge is 0.417 e. The van der Waals surface area contributed by atoms with Gasteiger partial charge in [0.05, 0.1) is 24.1 Å². The molecule has 0 aliphatic carbocycles. The number of rotatable bonds is 6. The van der Waals surface area contributed by atoms with E-state index in [1.165, 1.54) is 19.2 Å². The van der Waals surface area contributed by atoms with Crippen LogP contribution in [-0.4, -0.2) is 16.9 Å². The third kappa shape index (κ3) is 4.21. The molecule has 0 bridgehead atoms. The van der Waals surface area contributed by atoms with Crippen LogP contribution in [0.4, 0.5) is 13.2 Å². The molecule has 3 aromatic rings. The van der Waals surface area contributed by atoms with Gasteiger partial charge in [-0.2, -0.15) is 13.2 Å². The summed E-state index contributed by atoms with van der Waals surface area (Å²) >= 11 is 0. The Labute approximate surface area is 156 Å². The maximum absolute atomic E-state index is 13.3. The Hall–Kier alpha value is -2.63. The van der Waals surface area contributed by atoms with Gasteiger partial charge in [-0.3, -0.25) is 9.78 Å². The first-order valence-electron chi connectivity index (χ1n) is 8.91. The summed E-state index contributed by atoms with van der Waals surface area (Å²) in [6, 6.07) is 10.7. The van der Waals surface area contributed by atoms with Crippen LogP contribution in [-0.2, 0) is 12.6 Å². The fraction of sp³-hybridized carbons (Fsp3) is 0.333. The standard InChI is InChI=1S/C21H23F3N2O/c1-14(2)8-9-15-13-26(25-15)16-10-11-18(20(12-16)27-3)17-6-4-5-7-19(17)21(22,23)24/h4-7,10-14,25H,8-9H2,1-3H3.